The van der Waals surface area contributed by atoms with Crippen LogP contribution in [0, 0.1) is 0 Å². The van der Waals surface area contributed by atoms with Gasteiger partial charge in [0.1, 0.15) is 6.10 Å². The third-order valence-corrected chi connectivity index (χ3v) is 8.02. The van der Waals surface area contributed by atoms with Gasteiger partial charge in [0.05, 0.1) is 25.4 Å². The van der Waals surface area contributed by atoms with Crippen molar-refractivity contribution in [2.75, 3.05) is 6.61 Å². The van der Waals surface area contributed by atoms with Gasteiger partial charge in [-0.05, 0) is 50.7 Å². The zero-order chi connectivity index (χ0) is 32.8. The van der Waals surface area contributed by atoms with Crippen molar-refractivity contribution in [1.82, 2.24) is 0 Å². The van der Waals surface area contributed by atoms with E-state index in [0.717, 1.165) is 63.4 Å². The molecule has 0 fully saturated rings. The van der Waals surface area contributed by atoms with Gasteiger partial charge in [0, 0.05) is 13.0 Å². The van der Waals surface area contributed by atoms with Crippen molar-refractivity contribution >= 4 is 11.9 Å². The van der Waals surface area contributed by atoms with E-state index in [1.54, 1.807) is 6.08 Å². The zero-order valence-electron chi connectivity index (χ0n) is 28.8. The summed E-state index contributed by atoms with van der Waals surface area (Å²) in [6, 6.07) is 10.1. The molecule has 0 unspecified atom stereocenters. The molecule has 0 bridgehead atoms. The summed E-state index contributed by atoms with van der Waals surface area (Å²) in [6.07, 6.45) is 27.2. The first-order valence-electron chi connectivity index (χ1n) is 18.0. The molecule has 1 rings (SSSR count). The van der Waals surface area contributed by atoms with E-state index in [9.17, 15) is 14.7 Å². The minimum atomic E-state index is -0.753. The molecule has 1 aromatic carbocycles. The standard InChI is InChI=1S/C39H64O6/c1-4-6-7-8-9-15-18-24-29-38(44-33-35-26-21-20-22-27-35)37(41)32-31-36(45-34(3)40)28-23-17-14-12-10-11-13-16-19-25-30-39(42)43-5-2/h20-22,25-27,30-32,36-38,41H,4-19,23-24,28-29,33H2,1-3H3/b30-25+,32-31+/t36-,37-,38-/m0/s1. The summed E-state index contributed by atoms with van der Waals surface area (Å²) < 4.78 is 16.7. The van der Waals surface area contributed by atoms with Crippen molar-refractivity contribution in [1.29, 1.82) is 0 Å². The number of esters is 2. The van der Waals surface area contributed by atoms with Crippen LogP contribution in [0.1, 0.15) is 148 Å². The normalized spacial score (nSPS) is 13.7. The number of carbonyl (C=O) groups excluding carboxylic acids is 2. The van der Waals surface area contributed by atoms with Gasteiger partial charge in [-0.2, -0.15) is 0 Å². The number of aliphatic hydroxyl groups excluding tert-OH is 1. The van der Waals surface area contributed by atoms with E-state index in [2.05, 4.69) is 6.92 Å². The first-order valence-corrected chi connectivity index (χ1v) is 18.0. The average molecular weight is 629 g/mol. The lowest BCUT2D eigenvalue weighted by Gasteiger charge is -2.22. The Balaban J connectivity index is 2.42. The second-order valence-electron chi connectivity index (χ2n) is 12.2. The number of unbranched alkanes of at least 4 members (excludes halogenated alkanes) is 15. The first-order chi connectivity index (χ1) is 22.0. The highest BCUT2D eigenvalue weighted by molar-refractivity contribution is 5.81. The quantitative estimate of drug-likeness (QED) is 0.0411. The number of ether oxygens (including phenoxy) is 3. The maximum Gasteiger partial charge on any atom is 0.330 e. The van der Waals surface area contributed by atoms with Crippen molar-refractivity contribution in [3.05, 3.63) is 60.2 Å². The molecule has 0 heterocycles. The van der Waals surface area contributed by atoms with Crippen LogP contribution in [0.15, 0.2) is 54.6 Å². The number of rotatable bonds is 29. The Kier molecular flexibility index (Phi) is 26.1. The molecule has 0 spiro atoms. The molecule has 1 aromatic rings. The molecule has 0 aliphatic carbocycles. The third kappa shape index (κ3) is 24.5. The minimum Gasteiger partial charge on any atom is -0.463 e. The lowest BCUT2D eigenvalue weighted by Crippen LogP contribution is -2.28. The zero-order valence-corrected chi connectivity index (χ0v) is 28.8. The second-order valence-corrected chi connectivity index (χ2v) is 12.2. The Morgan fingerprint density at radius 3 is 1.93 bits per heavy atom. The van der Waals surface area contributed by atoms with E-state index < -0.39 is 6.10 Å². The number of aliphatic hydroxyl groups is 1. The molecular formula is C39H64O6. The van der Waals surface area contributed by atoms with Crippen LogP contribution in [0.5, 0.6) is 0 Å². The van der Waals surface area contributed by atoms with Crippen molar-refractivity contribution in [2.45, 2.75) is 168 Å². The summed E-state index contributed by atoms with van der Waals surface area (Å²) in [6.45, 7) is 6.38. The van der Waals surface area contributed by atoms with Crippen LogP contribution in [0.4, 0.5) is 0 Å². The molecule has 0 aliphatic rings. The number of allylic oxidation sites excluding steroid dienone is 1. The number of hydrogen-bond donors (Lipinski definition) is 1. The molecule has 0 aromatic heterocycles. The molecule has 1 N–H and O–H groups in total. The van der Waals surface area contributed by atoms with Crippen LogP contribution in [0.25, 0.3) is 0 Å². The smallest absolute Gasteiger partial charge is 0.330 e. The van der Waals surface area contributed by atoms with Gasteiger partial charge in [-0.1, -0.05) is 139 Å². The molecule has 6 heteroatoms. The van der Waals surface area contributed by atoms with E-state index >= 15 is 0 Å². The summed E-state index contributed by atoms with van der Waals surface area (Å²) in [4.78, 5) is 23.1. The minimum absolute atomic E-state index is 0.258. The molecule has 0 saturated carbocycles. The molecule has 0 aliphatic heterocycles. The van der Waals surface area contributed by atoms with Gasteiger partial charge in [-0.3, -0.25) is 4.79 Å². The van der Waals surface area contributed by atoms with Crippen molar-refractivity contribution in [2.24, 2.45) is 0 Å². The number of carbonyl (C=O) groups is 2. The summed E-state index contributed by atoms with van der Waals surface area (Å²) >= 11 is 0. The summed E-state index contributed by atoms with van der Waals surface area (Å²) in [5.74, 6) is -0.557. The average Bonchev–Trinajstić information content (AvgIpc) is 3.03. The van der Waals surface area contributed by atoms with Crippen LogP contribution in [0.3, 0.4) is 0 Å². The van der Waals surface area contributed by atoms with E-state index in [4.69, 9.17) is 14.2 Å². The highest BCUT2D eigenvalue weighted by Crippen LogP contribution is 2.18. The van der Waals surface area contributed by atoms with Gasteiger partial charge < -0.3 is 19.3 Å². The molecule has 6 nitrogen and oxygen atoms in total. The highest BCUT2D eigenvalue weighted by atomic mass is 16.5. The Hall–Kier alpha value is -2.44. The Labute approximate surface area is 275 Å². The van der Waals surface area contributed by atoms with Gasteiger partial charge in [-0.15, -0.1) is 0 Å². The van der Waals surface area contributed by atoms with Crippen LogP contribution in [-0.4, -0.2) is 42.0 Å². The molecule has 0 radical (unpaired) electrons. The number of hydrogen-bond acceptors (Lipinski definition) is 6. The van der Waals surface area contributed by atoms with Gasteiger partial charge in [0.2, 0.25) is 0 Å². The predicted octanol–water partition coefficient (Wildman–Crippen LogP) is 9.97. The molecule has 3 atom stereocenters. The van der Waals surface area contributed by atoms with Crippen molar-refractivity contribution < 1.29 is 28.9 Å². The maximum atomic E-state index is 11.8. The van der Waals surface area contributed by atoms with Crippen LogP contribution in [0.2, 0.25) is 0 Å². The first kappa shape index (κ1) is 40.6. The Morgan fingerprint density at radius 2 is 1.33 bits per heavy atom. The van der Waals surface area contributed by atoms with Gasteiger partial charge in [0.15, 0.2) is 0 Å². The molecule has 0 amide bonds. The molecule has 0 saturated heterocycles. The van der Waals surface area contributed by atoms with Gasteiger partial charge in [0.25, 0.3) is 0 Å². The summed E-state index contributed by atoms with van der Waals surface area (Å²) in [5, 5.41) is 11.1. The van der Waals surface area contributed by atoms with E-state index in [-0.39, 0.29) is 24.1 Å². The summed E-state index contributed by atoms with van der Waals surface area (Å²) in [7, 11) is 0. The fourth-order valence-electron chi connectivity index (χ4n) is 5.42. The second kappa shape index (κ2) is 29.0. The van der Waals surface area contributed by atoms with Gasteiger partial charge in [-0.25, -0.2) is 4.79 Å². The predicted molar refractivity (Wildman–Crippen MR) is 185 cm³/mol. The fraction of sp³-hybridized carbons (Fsp3) is 0.692. The van der Waals surface area contributed by atoms with E-state index in [1.807, 2.05) is 49.4 Å². The molecular weight excluding hydrogens is 564 g/mol. The van der Waals surface area contributed by atoms with Crippen LogP contribution >= 0.6 is 0 Å². The lowest BCUT2D eigenvalue weighted by molar-refractivity contribution is -0.144. The maximum absolute atomic E-state index is 11.8. The SMILES string of the molecule is CCCCCCCCCC[C@H](OCc1ccccc1)[C@@H](O)/C=C/[C@H](CCCCCCCCCC/C=C/C(=O)OCC)OC(C)=O. The largest absolute Gasteiger partial charge is 0.463 e. The third-order valence-electron chi connectivity index (χ3n) is 8.02. The molecule has 256 valence electrons. The van der Waals surface area contributed by atoms with E-state index in [0.29, 0.717) is 13.2 Å². The van der Waals surface area contributed by atoms with Crippen molar-refractivity contribution in [3.63, 3.8) is 0 Å². The monoisotopic (exact) mass is 628 g/mol. The Bertz CT molecular complexity index is 896. The Morgan fingerprint density at radius 1 is 0.756 bits per heavy atom. The summed E-state index contributed by atoms with van der Waals surface area (Å²) in [5.41, 5.74) is 1.09. The fourth-order valence-corrected chi connectivity index (χ4v) is 5.42. The topological polar surface area (TPSA) is 82.1 Å². The lowest BCUT2D eigenvalue weighted by atomic mass is 10.0. The van der Waals surface area contributed by atoms with Crippen molar-refractivity contribution in [3.8, 4) is 0 Å². The van der Waals surface area contributed by atoms with E-state index in [1.165, 1.54) is 77.2 Å². The molecule has 45 heavy (non-hydrogen) atoms. The number of benzene rings is 1. The van der Waals surface area contributed by atoms with Crippen LogP contribution < -0.4 is 0 Å². The van der Waals surface area contributed by atoms with Gasteiger partial charge >= 0.3 is 11.9 Å². The highest BCUT2D eigenvalue weighted by Gasteiger charge is 2.19. The van der Waals surface area contributed by atoms with Crippen LogP contribution in [-0.2, 0) is 30.4 Å².